The van der Waals surface area contributed by atoms with Crippen molar-refractivity contribution in [3.63, 3.8) is 0 Å². The molecule has 0 amide bonds. The Morgan fingerprint density at radius 2 is 2.41 bits per heavy atom. The number of carboxylic acid groups (broad SMARTS) is 1. The summed E-state index contributed by atoms with van der Waals surface area (Å²) in [7, 11) is 0. The molecule has 0 unspecified atom stereocenters. The largest absolute Gasteiger partial charge is 0.481 e. The Kier molecular flexibility index (Phi) is 2.90. The number of carbonyl (C=O) groups is 1. The fourth-order valence-electron chi connectivity index (χ4n) is 1.67. The zero-order chi connectivity index (χ0) is 12.4. The maximum atomic E-state index is 11.2. The first-order chi connectivity index (χ1) is 8.08. The van der Waals surface area contributed by atoms with Gasteiger partial charge in [0.05, 0.1) is 5.16 Å². The van der Waals surface area contributed by atoms with Gasteiger partial charge in [0, 0.05) is 17.7 Å². The molecule has 0 saturated heterocycles. The summed E-state index contributed by atoms with van der Waals surface area (Å²) in [4.78, 5) is 14.8. The van der Waals surface area contributed by atoms with Gasteiger partial charge >= 0.3 is 11.6 Å². The minimum Gasteiger partial charge on any atom is -0.481 e. The number of carboxylic acids is 1. The van der Waals surface area contributed by atoms with Crippen molar-refractivity contribution in [2.24, 2.45) is 0 Å². The van der Waals surface area contributed by atoms with Gasteiger partial charge in [0.15, 0.2) is 0 Å². The van der Waals surface area contributed by atoms with Crippen LogP contribution in [-0.4, -0.2) is 21.2 Å². The molecule has 7 nitrogen and oxygen atoms in total. The second kappa shape index (κ2) is 4.36. The van der Waals surface area contributed by atoms with Gasteiger partial charge in [0.25, 0.3) is 0 Å². The zero-order valence-corrected chi connectivity index (χ0v) is 9.21. The van der Waals surface area contributed by atoms with E-state index in [1.807, 2.05) is 0 Å². The van der Waals surface area contributed by atoms with Crippen LogP contribution in [0.15, 0.2) is 10.7 Å². The van der Waals surface area contributed by atoms with Gasteiger partial charge in [-0.3, -0.25) is 9.42 Å². The number of pyridine rings is 1. The highest BCUT2D eigenvalue weighted by molar-refractivity contribution is 5.69. The van der Waals surface area contributed by atoms with E-state index in [2.05, 4.69) is 14.8 Å². The van der Waals surface area contributed by atoms with Crippen molar-refractivity contribution in [3.8, 4) is 0 Å². The van der Waals surface area contributed by atoms with E-state index in [0.29, 0.717) is 29.0 Å². The lowest BCUT2D eigenvalue weighted by molar-refractivity contribution is -0.782. The summed E-state index contributed by atoms with van der Waals surface area (Å²) in [5.41, 5.74) is 2.00. The van der Waals surface area contributed by atoms with Crippen molar-refractivity contribution < 1.29 is 19.4 Å². The molecule has 17 heavy (non-hydrogen) atoms. The van der Waals surface area contributed by atoms with E-state index in [0.717, 1.165) is 5.56 Å². The number of aryl methyl sites for hydroxylation is 2. The summed E-state index contributed by atoms with van der Waals surface area (Å²) < 4.78 is 4.45. The molecule has 0 bridgehead atoms. The number of nitrogens with zero attached hydrogens (tertiary/aromatic N) is 3. The molecule has 2 rings (SSSR count). The lowest BCUT2D eigenvalue weighted by atomic mass is 10.1. The lowest BCUT2D eigenvalue weighted by Crippen LogP contribution is -2.23. The molecule has 0 radical (unpaired) electrons. The van der Waals surface area contributed by atoms with E-state index in [9.17, 15) is 10.0 Å². The summed E-state index contributed by atoms with van der Waals surface area (Å²) >= 11 is 0. The zero-order valence-electron chi connectivity index (χ0n) is 9.21. The molecule has 90 valence electrons. The SMILES string of the molecule is Cc1cc(CCCC(=O)O)nc2no[n+]([O-])c12. The Bertz CT molecular complexity index is 564. The maximum absolute atomic E-state index is 11.2. The number of aliphatic carboxylic acids is 1. The first-order valence-corrected chi connectivity index (χ1v) is 5.15. The predicted octanol–water partition coefficient (Wildman–Crippen LogP) is 0.572. The molecule has 0 aliphatic carbocycles. The third-order valence-electron chi connectivity index (χ3n) is 2.43. The van der Waals surface area contributed by atoms with Crippen LogP contribution >= 0.6 is 0 Å². The Morgan fingerprint density at radius 3 is 3.12 bits per heavy atom. The van der Waals surface area contributed by atoms with E-state index in [1.165, 1.54) is 0 Å². The molecule has 2 heterocycles. The number of rotatable bonds is 4. The van der Waals surface area contributed by atoms with E-state index >= 15 is 0 Å². The molecule has 7 heteroatoms. The van der Waals surface area contributed by atoms with Gasteiger partial charge in [0.1, 0.15) is 0 Å². The van der Waals surface area contributed by atoms with E-state index in [-0.39, 0.29) is 12.1 Å². The molecular formula is C10H11N3O4. The quantitative estimate of drug-likeness (QED) is 0.780. The van der Waals surface area contributed by atoms with Gasteiger partial charge in [-0.1, -0.05) is 0 Å². The van der Waals surface area contributed by atoms with Gasteiger partial charge in [-0.15, -0.1) is 0 Å². The van der Waals surface area contributed by atoms with Crippen molar-refractivity contribution in [3.05, 3.63) is 22.5 Å². The van der Waals surface area contributed by atoms with Crippen LogP contribution in [0.2, 0.25) is 0 Å². The lowest BCUT2D eigenvalue weighted by Gasteiger charge is -1.99. The molecule has 0 spiro atoms. The summed E-state index contributed by atoms with van der Waals surface area (Å²) in [5, 5.41) is 23.2. The second-order valence-corrected chi connectivity index (χ2v) is 3.78. The number of aromatic nitrogens is 3. The van der Waals surface area contributed by atoms with E-state index < -0.39 is 5.97 Å². The van der Waals surface area contributed by atoms with Crippen molar-refractivity contribution in [1.29, 1.82) is 0 Å². The minimum absolute atomic E-state index is 0.0964. The number of hydrogen-bond donors (Lipinski definition) is 1. The van der Waals surface area contributed by atoms with Crippen LogP contribution in [0.1, 0.15) is 24.1 Å². The molecule has 1 N–H and O–H groups in total. The Morgan fingerprint density at radius 1 is 1.65 bits per heavy atom. The van der Waals surface area contributed by atoms with Crippen LogP contribution in [0.5, 0.6) is 0 Å². The molecular weight excluding hydrogens is 226 g/mol. The van der Waals surface area contributed by atoms with Gasteiger partial charge < -0.3 is 10.3 Å². The highest BCUT2D eigenvalue weighted by atomic mass is 16.8. The first kappa shape index (κ1) is 11.3. The van der Waals surface area contributed by atoms with Crippen molar-refractivity contribution >= 4 is 17.1 Å². The van der Waals surface area contributed by atoms with E-state index in [4.69, 9.17) is 5.11 Å². The fraction of sp³-hybridized carbons (Fsp3) is 0.400. The molecule has 0 saturated carbocycles. The van der Waals surface area contributed by atoms with Crippen LogP contribution in [0.4, 0.5) is 0 Å². The Hall–Kier alpha value is -2.18. The monoisotopic (exact) mass is 237 g/mol. The molecule has 2 aromatic rings. The Labute approximate surface area is 96.2 Å². The summed E-state index contributed by atoms with van der Waals surface area (Å²) in [5.74, 6) is -0.832. The van der Waals surface area contributed by atoms with Gasteiger partial charge in [-0.25, -0.2) is 4.98 Å². The molecule has 2 aromatic heterocycles. The van der Waals surface area contributed by atoms with Crippen LogP contribution < -0.4 is 4.90 Å². The smallest absolute Gasteiger partial charge is 0.341 e. The summed E-state index contributed by atoms with van der Waals surface area (Å²) in [6, 6.07) is 1.75. The van der Waals surface area contributed by atoms with Crippen molar-refractivity contribution in [1.82, 2.24) is 10.1 Å². The normalized spacial score (nSPS) is 10.9. The fourth-order valence-corrected chi connectivity index (χ4v) is 1.67. The minimum atomic E-state index is -0.832. The topological polar surface area (TPSA) is 103 Å². The predicted molar refractivity (Wildman–Crippen MR) is 56.1 cm³/mol. The summed E-state index contributed by atoms with van der Waals surface area (Å²) in [6.07, 6.45) is 1.14. The van der Waals surface area contributed by atoms with Crippen LogP contribution in [0.25, 0.3) is 11.2 Å². The van der Waals surface area contributed by atoms with Gasteiger partial charge in [0.2, 0.25) is 5.52 Å². The maximum Gasteiger partial charge on any atom is 0.341 e. The Balaban J connectivity index is 2.22. The van der Waals surface area contributed by atoms with Crippen molar-refractivity contribution in [2.75, 3.05) is 0 Å². The number of hydrogen-bond acceptors (Lipinski definition) is 5. The third-order valence-corrected chi connectivity index (χ3v) is 2.43. The average molecular weight is 237 g/mol. The highest BCUT2D eigenvalue weighted by Gasteiger charge is 2.15. The van der Waals surface area contributed by atoms with Crippen LogP contribution in [-0.2, 0) is 11.2 Å². The molecule has 0 aliphatic heterocycles. The molecule has 0 atom stereocenters. The molecule has 0 aliphatic rings. The third kappa shape index (κ3) is 2.32. The number of fused-ring (bicyclic) bond motifs is 1. The molecule has 0 fully saturated rings. The summed E-state index contributed by atoms with van der Waals surface area (Å²) in [6.45, 7) is 1.76. The molecule has 0 aromatic carbocycles. The standard InChI is InChI=1S/C10H11N3O4/c1-6-5-7(3-2-4-8(14)15)11-10-9(6)13(16)17-12-10/h5H,2-4H2,1H3,(H,14,15). The van der Waals surface area contributed by atoms with Crippen LogP contribution in [0.3, 0.4) is 0 Å². The first-order valence-electron chi connectivity index (χ1n) is 5.15. The second-order valence-electron chi connectivity index (χ2n) is 3.78. The van der Waals surface area contributed by atoms with Crippen molar-refractivity contribution in [2.45, 2.75) is 26.2 Å². The highest BCUT2D eigenvalue weighted by Crippen LogP contribution is 2.13. The van der Waals surface area contributed by atoms with Gasteiger partial charge in [-0.2, -0.15) is 0 Å². The van der Waals surface area contributed by atoms with Gasteiger partial charge in [-0.05, 0) is 30.7 Å². The average Bonchev–Trinajstić information content (AvgIpc) is 2.60. The van der Waals surface area contributed by atoms with E-state index in [1.54, 1.807) is 13.0 Å². The van der Waals surface area contributed by atoms with Crippen LogP contribution in [0, 0.1) is 12.1 Å².